The average Bonchev–Trinajstić information content (AvgIpc) is 2.63. The molecule has 1 heterocycles. The van der Waals surface area contributed by atoms with Crippen molar-refractivity contribution in [1.29, 1.82) is 0 Å². The molecule has 0 saturated carbocycles. The molecule has 0 aliphatic carbocycles. The molecule has 1 aromatic rings. The zero-order chi connectivity index (χ0) is 14.9. The van der Waals surface area contributed by atoms with Crippen LogP contribution in [0, 0.1) is 11.6 Å². The van der Waals surface area contributed by atoms with Crippen molar-refractivity contribution in [2.24, 2.45) is 5.10 Å². The van der Waals surface area contributed by atoms with Gasteiger partial charge >= 0.3 is 6.03 Å². The van der Waals surface area contributed by atoms with E-state index in [9.17, 15) is 18.4 Å². The van der Waals surface area contributed by atoms with Gasteiger partial charge in [-0.1, -0.05) is 13.0 Å². The van der Waals surface area contributed by atoms with Crippen LogP contribution in [0.4, 0.5) is 13.6 Å². The number of benzene rings is 1. The van der Waals surface area contributed by atoms with Crippen LogP contribution in [0.2, 0.25) is 0 Å². The van der Waals surface area contributed by atoms with Crippen LogP contribution >= 0.6 is 0 Å². The number of carbonyl (C=O) groups excluding carboxylic acids is 2. The van der Waals surface area contributed by atoms with Crippen molar-refractivity contribution in [2.45, 2.75) is 25.8 Å². The summed E-state index contributed by atoms with van der Waals surface area (Å²) in [6, 6.07) is 2.52. The summed E-state index contributed by atoms with van der Waals surface area (Å²) in [5, 5.41) is 6.94. The third-order valence-electron chi connectivity index (χ3n) is 3.21. The fraction of sp³-hybridized carbons (Fsp3) is 0.308. The van der Waals surface area contributed by atoms with Gasteiger partial charge in [0.25, 0.3) is 5.91 Å². The van der Waals surface area contributed by atoms with Gasteiger partial charge in [-0.3, -0.25) is 4.79 Å². The Kier molecular flexibility index (Phi) is 3.52. The van der Waals surface area contributed by atoms with Gasteiger partial charge in [-0.2, -0.15) is 5.10 Å². The van der Waals surface area contributed by atoms with Crippen LogP contribution < -0.4 is 5.32 Å². The van der Waals surface area contributed by atoms with Gasteiger partial charge in [0.05, 0.1) is 6.21 Å². The second kappa shape index (κ2) is 4.99. The Bertz CT molecular complexity index is 603. The predicted octanol–water partition coefficient (Wildman–Crippen LogP) is 2.02. The van der Waals surface area contributed by atoms with Crippen LogP contribution in [-0.4, -0.2) is 28.7 Å². The first kappa shape index (κ1) is 14.1. The first-order valence-corrected chi connectivity index (χ1v) is 6.03. The molecule has 7 heteroatoms. The van der Waals surface area contributed by atoms with Crippen LogP contribution in [0.5, 0.6) is 0 Å². The van der Waals surface area contributed by atoms with Crippen LogP contribution in [0.25, 0.3) is 0 Å². The average molecular weight is 281 g/mol. The van der Waals surface area contributed by atoms with Crippen molar-refractivity contribution in [3.8, 4) is 0 Å². The number of imide groups is 1. The second-order valence-corrected chi connectivity index (χ2v) is 4.65. The van der Waals surface area contributed by atoms with Crippen molar-refractivity contribution < 1.29 is 18.4 Å². The van der Waals surface area contributed by atoms with Crippen molar-refractivity contribution in [1.82, 2.24) is 10.3 Å². The summed E-state index contributed by atoms with van der Waals surface area (Å²) >= 11 is 0. The third kappa shape index (κ3) is 2.38. The van der Waals surface area contributed by atoms with E-state index >= 15 is 0 Å². The van der Waals surface area contributed by atoms with Crippen molar-refractivity contribution in [2.75, 3.05) is 0 Å². The zero-order valence-electron chi connectivity index (χ0n) is 11.0. The number of nitrogens with zero attached hydrogens (tertiary/aromatic N) is 2. The SMILES string of the molecule is CC[C@@]1(C)NC(=O)N(N=Cc2ccc(F)c(F)c2)C1=O. The second-order valence-electron chi connectivity index (χ2n) is 4.65. The largest absolute Gasteiger partial charge is 0.346 e. The van der Waals surface area contributed by atoms with Crippen molar-refractivity contribution in [3.05, 3.63) is 35.4 Å². The zero-order valence-corrected chi connectivity index (χ0v) is 11.0. The number of nitrogens with one attached hydrogen (secondary N) is 1. The Hall–Kier alpha value is -2.31. The van der Waals surface area contributed by atoms with Crippen LogP contribution in [-0.2, 0) is 4.79 Å². The molecule has 5 nitrogen and oxygen atoms in total. The van der Waals surface area contributed by atoms with Crippen LogP contribution in [0.3, 0.4) is 0 Å². The molecule has 0 radical (unpaired) electrons. The highest BCUT2D eigenvalue weighted by molar-refractivity contribution is 6.07. The summed E-state index contributed by atoms with van der Waals surface area (Å²) in [7, 11) is 0. The van der Waals surface area contributed by atoms with Crippen molar-refractivity contribution in [3.63, 3.8) is 0 Å². The topological polar surface area (TPSA) is 61.8 Å². The summed E-state index contributed by atoms with van der Waals surface area (Å²) in [4.78, 5) is 23.7. The molecule has 20 heavy (non-hydrogen) atoms. The van der Waals surface area contributed by atoms with Gasteiger partial charge in [-0.05, 0) is 31.0 Å². The molecule has 1 aliphatic heterocycles. The Balaban J connectivity index is 2.21. The standard InChI is InChI=1S/C13H13F2N3O2/c1-3-13(2)11(19)18(12(20)17-13)16-7-8-4-5-9(14)10(15)6-8/h4-7H,3H2,1-2H3,(H,17,20)/t13-/m1/s1. The van der Waals surface area contributed by atoms with Gasteiger partial charge in [0, 0.05) is 0 Å². The number of halogens is 2. The molecule has 2 rings (SSSR count). The molecule has 3 amide bonds. The number of urea groups is 1. The highest BCUT2D eigenvalue weighted by Crippen LogP contribution is 2.20. The minimum atomic E-state index is -1.02. The Morgan fingerprint density at radius 1 is 1.35 bits per heavy atom. The van der Waals surface area contributed by atoms with Gasteiger partial charge < -0.3 is 5.32 Å². The molecule has 1 aliphatic rings. The molecule has 1 fully saturated rings. The summed E-state index contributed by atoms with van der Waals surface area (Å²) in [5.41, 5.74) is -0.739. The Morgan fingerprint density at radius 2 is 2.05 bits per heavy atom. The molecular formula is C13H13F2N3O2. The maximum absolute atomic E-state index is 13.0. The van der Waals surface area contributed by atoms with E-state index < -0.39 is 29.1 Å². The molecule has 1 atom stereocenters. The predicted molar refractivity (Wildman–Crippen MR) is 68.0 cm³/mol. The van der Waals surface area contributed by atoms with Crippen LogP contribution in [0.15, 0.2) is 23.3 Å². The molecule has 106 valence electrons. The number of carbonyl (C=O) groups is 2. The van der Waals surface area contributed by atoms with E-state index in [2.05, 4.69) is 10.4 Å². The maximum Gasteiger partial charge on any atom is 0.346 e. The number of amides is 3. The Morgan fingerprint density at radius 3 is 2.60 bits per heavy atom. The summed E-state index contributed by atoms with van der Waals surface area (Å²) in [6.45, 7) is 3.36. The summed E-state index contributed by atoms with van der Waals surface area (Å²) in [5.74, 6) is -2.48. The molecule has 1 N–H and O–H groups in total. The van der Waals surface area contributed by atoms with E-state index in [1.807, 2.05) is 0 Å². The van der Waals surface area contributed by atoms with E-state index in [0.29, 0.717) is 11.4 Å². The molecule has 0 spiro atoms. The highest BCUT2D eigenvalue weighted by atomic mass is 19.2. The molecule has 1 aromatic carbocycles. The highest BCUT2D eigenvalue weighted by Gasteiger charge is 2.46. The molecule has 0 unspecified atom stereocenters. The maximum atomic E-state index is 13.0. The molecule has 1 saturated heterocycles. The molecular weight excluding hydrogens is 268 g/mol. The van der Waals surface area contributed by atoms with E-state index in [1.165, 1.54) is 6.07 Å². The first-order chi connectivity index (χ1) is 9.37. The van der Waals surface area contributed by atoms with E-state index in [0.717, 1.165) is 18.3 Å². The fourth-order valence-electron chi connectivity index (χ4n) is 1.73. The van der Waals surface area contributed by atoms with Gasteiger partial charge in [0.2, 0.25) is 0 Å². The summed E-state index contributed by atoms with van der Waals surface area (Å²) in [6.07, 6.45) is 1.55. The quantitative estimate of drug-likeness (QED) is 0.680. The van der Waals surface area contributed by atoms with Gasteiger partial charge in [0.1, 0.15) is 5.54 Å². The fourth-order valence-corrected chi connectivity index (χ4v) is 1.73. The van der Waals surface area contributed by atoms with Gasteiger partial charge in [-0.25, -0.2) is 13.6 Å². The minimum Gasteiger partial charge on any atom is -0.322 e. The van der Waals surface area contributed by atoms with Crippen LogP contribution in [0.1, 0.15) is 25.8 Å². The summed E-state index contributed by atoms with van der Waals surface area (Å²) < 4.78 is 25.8. The lowest BCUT2D eigenvalue weighted by atomic mass is 10.00. The Labute approximate surface area is 114 Å². The van der Waals surface area contributed by atoms with Gasteiger partial charge in [-0.15, -0.1) is 5.01 Å². The smallest absolute Gasteiger partial charge is 0.322 e. The lowest BCUT2D eigenvalue weighted by Crippen LogP contribution is -2.42. The number of hydrazone groups is 1. The number of hydrogen-bond acceptors (Lipinski definition) is 3. The lowest BCUT2D eigenvalue weighted by molar-refractivity contribution is -0.130. The normalized spacial score (nSPS) is 22.7. The number of hydrogen-bond donors (Lipinski definition) is 1. The molecule has 0 bridgehead atoms. The first-order valence-electron chi connectivity index (χ1n) is 6.03. The molecule has 0 aromatic heterocycles. The number of rotatable bonds is 3. The van der Waals surface area contributed by atoms with Gasteiger partial charge in [0.15, 0.2) is 11.6 Å². The third-order valence-corrected chi connectivity index (χ3v) is 3.21. The van der Waals surface area contributed by atoms with E-state index in [1.54, 1.807) is 13.8 Å². The minimum absolute atomic E-state index is 0.245. The van der Waals surface area contributed by atoms with E-state index in [-0.39, 0.29) is 5.56 Å². The van der Waals surface area contributed by atoms with E-state index in [4.69, 9.17) is 0 Å². The lowest BCUT2D eigenvalue weighted by Gasteiger charge is -2.17. The monoisotopic (exact) mass is 281 g/mol. The van der Waals surface area contributed by atoms with Crippen molar-refractivity contribution >= 4 is 18.2 Å².